The number of Topliss-reactive ketones (excluding diaryl/α,β-unsaturated/α-hetero) is 1. The van der Waals surface area contributed by atoms with Gasteiger partial charge in [-0.2, -0.15) is 13.2 Å². The molecule has 0 saturated carbocycles. The van der Waals surface area contributed by atoms with Crippen molar-refractivity contribution in [2.24, 2.45) is 0 Å². The summed E-state index contributed by atoms with van der Waals surface area (Å²) < 4.78 is 31.4. The average Bonchev–Trinajstić information content (AvgIpc) is 2.28. The van der Waals surface area contributed by atoms with Gasteiger partial charge in [-0.05, 0) is 0 Å². The molecule has 17 heavy (non-hydrogen) atoms. The van der Waals surface area contributed by atoms with Crippen LogP contribution in [0.4, 0.5) is 0 Å². The number of fused-ring (bicyclic) bond motifs is 1. The zero-order chi connectivity index (χ0) is 12.6. The van der Waals surface area contributed by atoms with Crippen molar-refractivity contribution in [3.8, 4) is 0 Å². The summed E-state index contributed by atoms with van der Waals surface area (Å²) in [7, 11) is -4.49. The van der Waals surface area contributed by atoms with Gasteiger partial charge in [-0.25, -0.2) is 0 Å². The minimum Gasteiger partial charge on any atom is -0.361 e. The molecule has 0 aliphatic heterocycles. The number of allylic oxidation sites excluding steroid dienone is 1. The molecule has 86 valence electrons. The molecular weight excluding hydrogens is 244 g/mol. The fraction of sp³-hybridized carbons (Fsp3) is 0. The summed E-state index contributed by atoms with van der Waals surface area (Å²) in [5.74, 6) is -0.601. The molecule has 0 fully saturated rings. The van der Waals surface area contributed by atoms with Gasteiger partial charge >= 0.3 is 5.71 Å². The number of hydrogen-bond donors (Lipinski definition) is 1. The Morgan fingerprint density at radius 2 is 1.76 bits per heavy atom. The number of carbonyl (C=O) groups is 1. The first-order valence-electron chi connectivity index (χ1n) is 4.50. The first kappa shape index (κ1) is 11.4. The lowest BCUT2D eigenvalue weighted by atomic mass is 9.95. The molecular formula is C10H6N2O4S. The SMILES string of the molecule is [N-]=[N+]=C1C=C(S(=O)(=O)O)c2ccccc2C1=O. The fourth-order valence-corrected chi connectivity index (χ4v) is 2.31. The van der Waals surface area contributed by atoms with Crippen molar-refractivity contribution in [3.63, 3.8) is 0 Å². The third kappa shape index (κ3) is 1.83. The Labute approximate surface area is 96.6 Å². The molecule has 0 heterocycles. The second kappa shape index (κ2) is 3.74. The van der Waals surface area contributed by atoms with Crippen LogP contribution >= 0.6 is 0 Å². The number of carbonyl (C=O) groups excluding carboxylic acids is 1. The summed E-state index contributed by atoms with van der Waals surface area (Å²) in [5.41, 5.74) is 8.34. The van der Waals surface area contributed by atoms with Crippen LogP contribution in [0, 0.1) is 0 Å². The number of benzene rings is 1. The van der Waals surface area contributed by atoms with Gasteiger partial charge in [-0.15, -0.1) is 0 Å². The van der Waals surface area contributed by atoms with Gasteiger partial charge < -0.3 is 5.53 Å². The van der Waals surface area contributed by atoms with Crippen molar-refractivity contribution in [1.29, 1.82) is 0 Å². The molecule has 2 rings (SSSR count). The predicted octanol–water partition coefficient (Wildman–Crippen LogP) is 0.782. The van der Waals surface area contributed by atoms with E-state index in [1.54, 1.807) is 6.07 Å². The Kier molecular flexibility index (Phi) is 2.51. The van der Waals surface area contributed by atoms with E-state index in [1.807, 2.05) is 0 Å². The van der Waals surface area contributed by atoms with E-state index in [9.17, 15) is 13.2 Å². The average molecular weight is 250 g/mol. The number of rotatable bonds is 1. The van der Waals surface area contributed by atoms with Crippen molar-refractivity contribution >= 4 is 26.5 Å². The van der Waals surface area contributed by atoms with Crippen molar-refractivity contribution in [1.82, 2.24) is 0 Å². The fourth-order valence-electron chi connectivity index (χ4n) is 1.59. The highest BCUT2D eigenvalue weighted by molar-refractivity contribution is 7.95. The third-order valence-corrected chi connectivity index (χ3v) is 3.22. The Morgan fingerprint density at radius 3 is 2.29 bits per heavy atom. The molecule has 0 bridgehead atoms. The Bertz CT molecular complexity index is 697. The summed E-state index contributed by atoms with van der Waals surface area (Å²) in [6.07, 6.45) is 0.833. The minimum absolute atomic E-state index is 0.0652. The molecule has 1 aromatic rings. The molecule has 0 radical (unpaired) electrons. The van der Waals surface area contributed by atoms with Crippen LogP contribution in [-0.2, 0) is 10.1 Å². The Balaban J connectivity index is 2.85. The zero-order valence-corrected chi connectivity index (χ0v) is 9.18. The maximum atomic E-state index is 11.7. The van der Waals surface area contributed by atoms with Crippen molar-refractivity contribution in [2.45, 2.75) is 0 Å². The van der Waals surface area contributed by atoms with E-state index in [2.05, 4.69) is 4.79 Å². The molecule has 1 aliphatic carbocycles. The molecule has 1 aliphatic rings. The lowest BCUT2D eigenvalue weighted by molar-refractivity contribution is -0.00437. The van der Waals surface area contributed by atoms with Crippen LogP contribution in [0.1, 0.15) is 15.9 Å². The van der Waals surface area contributed by atoms with Gasteiger partial charge in [0.1, 0.15) is 4.91 Å². The monoisotopic (exact) mass is 250 g/mol. The van der Waals surface area contributed by atoms with Crippen LogP contribution in [-0.4, -0.2) is 29.3 Å². The number of ketones is 1. The Morgan fingerprint density at radius 1 is 1.18 bits per heavy atom. The molecule has 0 aromatic heterocycles. The summed E-state index contributed by atoms with van der Waals surface area (Å²) >= 11 is 0. The summed E-state index contributed by atoms with van der Waals surface area (Å²) in [6, 6.07) is 5.85. The molecule has 0 spiro atoms. The lowest BCUT2D eigenvalue weighted by Crippen LogP contribution is -2.22. The van der Waals surface area contributed by atoms with Crippen LogP contribution in [0.5, 0.6) is 0 Å². The van der Waals surface area contributed by atoms with Gasteiger partial charge in [-0.1, -0.05) is 24.3 Å². The maximum Gasteiger partial charge on any atom is 0.364 e. The highest BCUT2D eigenvalue weighted by atomic mass is 32.2. The molecule has 0 unspecified atom stereocenters. The smallest absolute Gasteiger partial charge is 0.361 e. The predicted molar refractivity (Wildman–Crippen MR) is 58.9 cm³/mol. The molecule has 7 heteroatoms. The van der Waals surface area contributed by atoms with Crippen molar-refractivity contribution in [2.75, 3.05) is 0 Å². The standard InChI is InChI=1S/C10H6N2O4S/c11-12-8-5-9(17(14,15)16)6-3-1-2-4-7(6)10(8)13/h1-5H,(H,14,15,16). The van der Waals surface area contributed by atoms with Crippen molar-refractivity contribution in [3.05, 3.63) is 47.0 Å². The minimum atomic E-state index is -4.49. The van der Waals surface area contributed by atoms with E-state index < -0.39 is 26.5 Å². The van der Waals surface area contributed by atoms with E-state index in [-0.39, 0.29) is 11.1 Å². The summed E-state index contributed by atoms with van der Waals surface area (Å²) in [5, 5.41) is 0. The molecule has 0 atom stereocenters. The molecule has 1 aromatic carbocycles. The van der Waals surface area contributed by atoms with E-state index in [0.717, 1.165) is 6.08 Å². The number of nitrogens with zero attached hydrogens (tertiary/aromatic N) is 2. The highest BCUT2D eigenvalue weighted by Gasteiger charge is 2.34. The topological polar surface area (TPSA) is 108 Å². The van der Waals surface area contributed by atoms with Crippen LogP contribution in [0.2, 0.25) is 0 Å². The van der Waals surface area contributed by atoms with Crippen LogP contribution in [0.15, 0.2) is 30.3 Å². The second-order valence-corrected chi connectivity index (χ2v) is 4.73. The zero-order valence-electron chi connectivity index (χ0n) is 8.36. The Hall–Kier alpha value is -2.08. The van der Waals surface area contributed by atoms with Crippen LogP contribution in [0.3, 0.4) is 0 Å². The first-order valence-corrected chi connectivity index (χ1v) is 5.94. The normalized spacial score (nSPS) is 15.0. The molecule has 6 nitrogen and oxygen atoms in total. The van der Waals surface area contributed by atoms with E-state index >= 15 is 0 Å². The molecule has 0 amide bonds. The maximum absolute atomic E-state index is 11.7. The van der Waals surface area contributed by atoms with E-state index in [0.29, 0.717) is 0 Å². The van der Waals surface area contributed by atoms with E-state index in [4.69, 9.17) is 10.1 Å². The summed E-state index contributed by atoms with van der Waals surface area (Å²) in [6.45, 7) is 0. The van der Waals surface area contributed by atoms with Gasteiger partial charge in [0.25, 0.3) is 15.9 Å². The molecule has 0 saturated heterocycles. The van der Waals surface area contributed by atoms with Gasteiger partial charge in [0.15, 0.2) is 0 Å². The largest absolute Gasteiger partial charge is 0.364 e. The van der Waals surface area contributed by atoms with Gasteiger partial charge in [0, 0.05) is 11.1 Å². The lowest BCUT2D eigenvalue weighted by Gasteiger charge is -2.11. The van der Waals surface area contributed by atoms with Gasteiger partial charge in [0.2, 0.25) is 0 Å². The van der Waals surface area contributed by atoms with Crippen LogP contribution in [0.25, 0.3) is 10.4 Å². The quantitative estimate of drug-likeness (QED) is 0.451. The van der Waals surface area contributed by atoms with Gasteiger partial charge in [0.05, 0.1) is 6.08 Å². The second-order valence-electron chi connectivity index (χ2n) is 3.34. The van der Waals surface area contributed by atoms with E-state index in [1.165, 1.54) is 18.2 Å². The van der Waals surface area contributed by atoms with Crippen molar-refractivity contribution < 1.29 is 22.6 Å². The number of hydrogen-bond acceptors (Lipinski definition) is 3. The van der Waals surface area contributed by atoms with Crippen LogP contribution < -0.4 is 0 Å². The highest BCUT2D eigenvalue weighted by Crippen LogP contribution is 2.28. The third-order valence-electron chi connectivity index (χ3n) is 2.32. The first-order chi connectivity index (χ1) is 7.95. The molecule has 1 N–H and O–H groups in total. The van der Waals surface area contributed by atoms with Gasteiger partial charge in [-0.3, -0.25) is 9.35 Å². The summed E-state index contributed by atoms with van der Waals surface area (Å²) in [4.78, 5) is 14.0.